The van der Waals surface area contributed by atoms with E-state index in [4.69, 9.17) is 16.3 Å². The third-order valence-corrected chi connectivity index (χ3v) is 5.96. The minimum atomic E-state index is -0.329. The Balaban J connectivity index is 1.37. The number of para-hydroxylation sites is 1. The highest BCUT2D eigenvalue weighted by atomic mass is 35.5. The number of carbonyl (C=O) groups excluding carboxylic acids is 1. The zero-order valence-corrected chi connectivity index (χ0v) is 18.9. The lowest BCUT2D eigenvalue weighted by molar-refractivity contribution is 0.0946. The summed E-state index contributed by atoms with van der Waals surface area (Å²) in [5, 5.41) is 13.1. The van der Waals surface area contributed by atoms with Crippen LogP contribution in [-0.4, -0.2) is 30.2 Å². The molecule has 4 rings (SSSR count). The molecule has 33 heavy (non-hydrogen) atoms. The Morgan fingerprint density at radius 3 is 2.48 bits per heavy atom. The number of carbonyl (C=O) groups is 1. The van der Waals surface area contributed by atoms with Crippen LogP contribution in [0.15, 0.2) is 66.7 Å². The average molecular weight is 469 g/mol. The number of halogens is 2. The van der Waals surface area contributed by atoms with Gasteiger partial charge in [0.2, 0.25) is 0 Å². The Hall–Kier alpha value is -3.09. The van der Waals surface area contributed by atoms with Gasteiger partial charge in [-0.15, -0.1) is 0 Å². The van der Waals surface area contributed by atoms with Crippen LogP contribution in [0.2, 0.25) is 5.02 Å². The molecule has 0 spiro atoms. The van der Waals surface area contributed by atoms with E-state index in [1.54, 1.807) is 36.4 Å². The van der Waals surface area contributed by atoms with Crippen molar-refractivity contribution in [3.63, 3.8) is 0 Å². The van der Waals surface area contributed by atoms with Crippen molar-refractivity contribution >= 4 is 23.2 Å². The number of nitrogens with one attached hydrogen (secondary N) is 1. The lowest BCUT2D eigenvalue weighted by Crippen LogP contribution is -2.36. The van der Waals surface area contributed by atoms with Crippen molar-refractivity contribution in [3.05, 3.63) is 94.3 Å². The Bertz CT molecular complexity index is 1100. The summed E-state index contributed by atoms with van der Waals surface area (Å²) in [6, 6.07) is 19.3. The summed E-state index contributed by atoms with van der Waals surface area (Å²) in [6.45, 7) is 1.75. The van der Waals surface area contributed by atoms with Gasteiger partial charge in [-0.25, -0.2) is 4.39 Å². The maximum Gasteiger partial charge on any atom is 0.255 e. The Morgan fingerprint density at radius 2 is 1.76 bits per heavy atom. The van der Waals surface area contributed by atoms with Gasteiger partial charge in [-0.1, -0.05) is 41.9 Å². The van der Waals surface area contributed by atoms with E-state index < -0.39 is 0 Å². The van der Waals surface area contributed by atoms with Gasteiger partial charge < -0.3 is 20.1 Å². The lowest BCUT2D eigenvalue weighted by Gasteiger charge is -2.31. The zero-order chi connectivity index (χ0) is 23.2. The van der Waals surface area contributed by atoms with Crippen LogP contribution in [0.1, 0.15) is 34.3 Å². The molecule has 1 aliphatic rings. The van der Waals surface area contributed by atoms with Crippen LogP contribution in [-0.2, 0) is 13.2 Å². The van der Waals surface area contributed by atoms with Crippen LogP contribution in [0, 0.1) is 5.82 Å². The van der Waals surface area contributed by atoms with Crippen molar-refractivity contribution in [1.29, 1.82) is 0 Å². The quantitative estimate of drug-likeness (QED) is 0.515. The first-order valence-corrected chi connectivity index (χ1v) is 11.3. The predicted octanol–water partition coefficient (Wildman–Crippen LogP) is 4.95. The summed E-state index contributed by atoms with van der Waals surface area (Å²) in [4.78, 5) is 14.7. The first-order valence-electron chi connectivity index (χ1n) is 11.0. The van der Waals surface area contributed by atoms with Crippen molar-refractivity contribution < 1.29 is 19.0 Å². The highest BCUT2D eigenvalue weighted by Crippen LogP contribution is 2.25. The molecule has 0 atom stereocenters. The predicted molar refractivity (Wildman–Crippen MR) is 127 cm³/mol. The molecule has 0 unspecified atom stereocenters. The maximum absolute atomic E-state index is 14.7. The molecule has 172 valence electrons. The van der Waals surface area contributed by atoms with E-state index in [9.17, 15) is 14.3 Å². The zero-order valence-electron chi connectivity index (χ0n) is 18.1. The molecule has 7 heteroatoms. The second-order valence-electron chi connectivity index (χ2n) is 8.10. The molecule has 0 saturated carbocycles. The molecule has 1 fully saturated rings. The summed E-state index contributed by atoms with van der Waals surface area (Å²) in [5.74, 6) is -0.153. The molecule has 1 heterocycles. The van der Waals surface area contributed by atoms with E-state index in [2.05, 4.69) is 5.32 Å². The summed E-state index contributed by atoms with van der Waals surface area (Å²) < 4.78 is 20.5. The van der Waals surface area contributed by atoms with E-state index in [0.29, 0.717) is 60.1 Å². The smallest absolute Gasteiger partial charge is 0.255 e. The van der Waals surface area contributed by atoms with Gasteiger partial charge in [0.25, 0.3) is 5.91 Å². The van der Waals surface area contributed by atoms with Gasteiger partial charge in [0, 0.05) is 24.7 Å². The molecule has 2 N–H and O–H groups in total. The molecule has 0 aliphatic carbocycles. The molecule has 5 nitrogen and oxygen atoms in total. The number of ether oxygens (including phenoxy) is 1. The number of amides is 1. The molecule has 1 amide bonds. The number of piperidine rings is 1. The fourth-order valence-corrected chi connectivity index (χ4v) is 3.95. The molecule has 0 radical (unpaired) electrons. The van der Waals surface area contributed by atoms with Gasteiger partial charge in [-0.2, -0.15) is 0 Å². The topological polar surface area (TPSA) is 61.8 Å². The highest BCUT2D eigenvalue weighted by molar-refractivity contribution is 6.30. The van der Waals surface area contributed by atoms with E-state index in [1.807, 2.05) is 29.2 Å². The average Bonchev–Trinajstić information content (AvgIpc) is 2.83. The van der Waals surface area contributed by atoms with Gasteiger partial charge in [-0.05, 0) is 60.4 Å². The summed E-state index contributed by atoms with van der Waals surface area (Å²) in [7, 11) is 0. The standard InChI is InChI=1S/C26H26ClFN2O3/c27-20-8-5-18(6-9-20)17-33-25-4-2-1-3-22(25)26(32)29-16-19-7-10-24(23(28)15-19)30-13-11-21(31)12-14-30/h1-10,15,21,31H,11-14,16-17H2,(H,29,32). The fourth-order valence-electron chi connectivity index (χ4n) is 3.82. The number of aliphatic hydroxyl groups is 1. The number of anilines is 1. The van der Waals surface area contributed by atoms with Crippen LogP contribution in [0.3, 0.4) is 0 Å². The molecule has 3 aromatic carbocycles. The minimum Gasteiger partial charge on any atom is -0.488 e. The van der Waals surface area contributed by atoms with Crippen molar-refractivity contribution in [2.24, 2.45) is 0 Å². The molecular formula is C26H26ClFN2O3. The second kappa shape index (κ2) is 10.7. The maximum atomic E-state index is 14.7. The summed E-state index contributed by atoms with van der Waals surface area (Å²) in [5.41, 5.74) is 2.54. The Morgan fingerprint density at radius 1 is 1.06 bits per heavy atom. The van der Waals surface area contributed by atoms with Gasteiger partial charge in [0.15, 0.2) is 0 Å². The van der Waals surface area contributed by atoms with Crippen molar-refractivity contribution in [2.45, 2.75) is 32.1 Å². The van der Waals surface area contributed by atoms with Gasteiger partial charge >= 0.3 is 0 Å². The third-order valence-electron chi connectivity index (χ3n) is 5.71. The number of nitrogens with zero attached hydrogens (tertiary/aromatic N) is 1. The first-order chi connectivity index (χ1) is 16.0. The highest BCUT2D eigenvalue weighted by Gasteiger charge is 2.20. The van der Waals surface area contributed by atoms with Crippen LogP contribution < -0.4 is 15.0 Å². The van der Waals surface area contributed by atoms with Crippen LogP contribution in [0.4, 0.5) is 10.1 Å². The minimum absolute atomic E-state index is 0.195. The molecular weight excluding hydrogens is 443 g/mol. The SMILES string of the molecule is O=C(NCc1ccc(N2CCC(O)CC2)c(F)c1)c1ccccc1OCc1ccc(Cl)cc1. The van der Waals surface area contributed by atoms with Crippen LogP contribution >= 0.6 is 11.6 Å². The molecule has 0 aromatic heterocycles. The van der Waals surface area contributed by atoms with Gasteiger partial charge in [0.1, 0.15) is 18.2 Å². The lowest BCUT2D eigenvalue weighted by atomic mass is 10.1. The van der Waals surface area contributed by atoms with E-state index in [1.165, 1.54) is 6.07 Å². The van der Waals surface area contributed by atoms with Gasteiger partial charge in [0.05, 0.1) is 17.4 Å². The molecule has 0 bridgehead atoms. The normalized spacial score (nSPS) is 14.2. The number of aliphatic hydroxyl groups excluding tert-OH is 1. The van der Waals surface area contributed by atoms with Crippen LogP contribution in [0.25, 0.3) is 0 Å². The van der Waals surface area contributed by atoms with Crippen molar-refractivity contribution in [3.8, 4) is 5.75 Å². The number of rotatable bonds is 7. The summed E-state index contributed by atoms with van der Waals surface area (Å²) in [6.07, 6.45) is 0.963. The second-order valence-corrected chi connectivity index (χ2v) is 8.53. The van der Waals surface area contributed by atoms with E-state index in [0.717, 1.165) is 5.56 Å². The van der Waals surface area contributed by atoms with E-state index >= 15 is 0 Å². The number of benzene rings is 3. The largest absolute Gasteiger partial charge is 0.488 e. The molecule has 3 aromatic rings. The van der Waals surface area contributed by atoms with E-state index in [-0.39, 0.29) is 24.4 Å². The summed E-state index contributed by atoms with van der Waals surface area (Å²) >= 11 is 5.92. The van der Waals surface area contributed by atoms with Crippen molar-refractivity contribution in [2.75, 3.05) is 18.0 Å². The molecule has 1 saturated heterocycles. The first kappa shape index (κ1) is 23.1. The Labute approximate surface area is 197 Å². The fraction of sp³-hybridized carbons (Fsp3) is 0.269. The van der Waals surface area contributed by atoms with Crippen molar-refractivity contribution in [1.82, 2.24) is 5.32 Å². The van der Waals surface area contributed by atoms with Crippen LogP contribution in [0.5, 0.6) is 5.75 Å². The number of hydrogen-bond acceptors (Lipinski definition) is 4. The Kier molecular flexibility index (Phi) is 7.47. The monoisotopic (exact) mass is 468 g/mol. The molecule has 1 aliphatic heterocycles. The third kappa shape index (κ3) is 6.03. The number of hydrogen-bond donors (Lipinski definition) is 2. The van der Waals surface area contributed by atoms with Gasteiger partial charge in [-0.3, -0.25) is 4.79 Å².